The van der Waals surface area contributed by atoms with Crippen molar-refractivity contribution in [3.8, 4) is 11.3 Å². The lowest BCUT2D eigenvalue weighted by molar-refractivity contribution is -0.141. The number of rotatable bonds is 1. The molecule has 3 heterocycles. The number of ketones is 1. The number of nitrogens with zero attached hydrogens (tertiary/aromatic N) is 3. The van der Waals surface area contributed by atoms with E-state index in [0.717, 1.165) is 12.3 Å². The van der Waals surface area contributed by atoms with Crippen molar-refractivity contribution < 1.29 is 18.0 Å². The van der Waals surface area contributed by atoms with Gasteiger partial charge in [-0.25, -0.2) is 0 Å². The molecule has 0 atom stereocenters. The quantitative estimate of drug-likeness (QED) is 0.797. The molecule has 1 aliphatic heterocycles. The summed E-state index contributed by atoms with van der Waals surface area (Å²) in [6.45, 7) is 0.478. The van der Waals surface area contributed by atoms with E-state index in [2.05, 4.69) is 10.1 Å². The Bertz CT molecular complexity index is 660. The summed E-state index contributed by atoms with van der Waals surface area (Å²) in [7, 11) is 0. The zero-order valence-electron chi connectivity index (χ0n) is 9.61. The van der Waals surface area contributed by atoms with Crippen LogP contribution in [-0.2, 0) is 12.7 Å². The average molecular weight is 267 g/mol. The van der Waals surface area contributed by atoms with Gasteiger partial charge in [-0.3, -0.25) is 14.5 Å². The van der Waals surface area contributed by atoms with Gasteiger partial charge in [0, 0.05) is 24.7 Å². The van der Waals surface area contributed by atoms with Crippen molar-refractivity contribution in [1.82, 2.24) is 14.8 Å². The molecule has 3 rings (SSSR count). The summed E-state index contributed by atoms with van der Waals surface area (Å²) in [6, 6.07) is 3.89. The number of alkyl halides is 3. The lowest BCUT2D eigenvalue weighted by Gasteiger charge is -2.06. The van der Waals surface area contributed by atoms with Gasteiger partial charge >= 0.3 is 6.18 Å². The highest BCUT2D eigenvalue weighted by Gasteiger charge is 2.33. The fourth-order valence-electron chi connectivity index (χ4n) is 2.03. The lowest BCUT2D eigenvalue weighted by atomic mass is 10.1. The molecule has 0 fully saturated rings. The number of pyridine rings is 1. The molecule has 0 radical (unpaired) electrons. The van der Waals surface area contributed by atoms with Crippen LogP contribution in [0.5, 0.6) is 0 Å². The third kappa shape index (κ3) is 2.00. The maximum absolute atomic E-state index is 12.6. The molecule has 7 heteroatoms. The van der Waals surface area contributed by atoms with Gasteiger partial charge in [-0.05, 0) is 18.2 Å². The van der Waals surface area contributed by atoms with E-state index >= 15 is 0 Å². The van der Waals surface area contributed by atoms with Crippen molar-refractivity contribution >= 4 is 5.78 Å². The van der Waals surface area contributed by atoms with Crippen LogP contribution < -0.4 is 0 Å². The summed E-state index contributed by atoms with van der Waals surface area (Å²) in [5.74, 6) is -0.0381. The summed E-state index contributed by atoms with van der Waals surface area (Å²) < 4.78 is 39.2. The Kier molecular flexibility index (Phi) is 2.44. The molecule has 0 unspecified atom stereocenters. The molecule has 0 spiro atoms. The summed E-state index contributed by atoms with van der Waals surface area (Å²) in [6.07, 6.45) is -3.01. The molecule has 2 aromatic rings. The van der Waals surface area contributed by atoms with E-state index in [1.165, 1.54) is 16.8 Å². The normalized spacial score (nSPS) is 14.8. The van der Waals surface area contributed by atoms with Crippen LogP contribution in [0.2, 0.25) is 0 Å². The lowest BCUT2D eigenvalue weighted by Crippen LogP contribution is -2.07. The Morgan fingerprint density at radius 1 is 1.26 bits per heavy atom. The molecule has 0 bridgehead atoms. The highest BCUT2D eigenvalue weighted by molar-refractivity contribution is 5.97. The smallest absolute Gasteiger partial charge is 0.292 e. The van der Waals surface area contributed by atoms with E-state index in [-0.39, 0.29) is 5.78 Å². The van der Waals surface area contributed by atoms with Crippen molar-refractivity contribution in [2.75, 3.05) is 0 Å². The average Bonchev–Trinajstić information content (AvgIpc) is 2.91. The van der Waals surface area contributed by atoms with E-state index in [9.17, 15) is 18.0 Å². The number of carbonyl (C=O) groups is 1. The molecule has 0 saturated heterocycles. The fourth-order valence-corrected chi connectivity index (χ4v) is 2.03. The monoisotopic (exact) mass is 267 g/mol. The highest BCUT2D eigenvalue weighted by atomic mass is 19.4. The molecule has 0 amide bonds. The van der Waals surface area contributed by atoms with Crippen LogP contribution in [0.4, 0.5) is 13.2 Å². The van der Waals surface area contributed by atoms with Gasteiger partial charge in [0.05, 0.1) is 5.69 Å². The van der Waals surface area contributed by atoms with Crippen LogP contribution in [0.25, 0.3) is 11.3 Å². The van der Waals surface area contributed by atoms with E-state index in [1.807, 2.05) is 0 Å². The third-order valence-electron chi connectivity index (χ3n) is 2.96. The molecule has 19 heavy (non-hydrogen) atoms. The summed E-state index contributed by atoms with van der Waals surface area (Å²) >= 11 is 0. The zero-order valence-corrected chi connectivity index (χ0v) is 9.61. The Morgan fingerprint density at radius 2 is 2.05 bits per heavy atom. The predicted octanol–water partition coefficient (Wildman–Crippen LogP) is 2.55. The van der Waals surface area contributed by atoms with Crippen LogP contribution in [0, 0.1) is 0 Å². The van der Waals surface area contributed by atoms with Crippen LogP contribution in [0.1, 0.15) is 22.6 Å². The number of hydrogen-bond acceptors (Lipinski definition) is 3. The first kappa shape index (κ1) is 11.9. The summed E-state index contributed by atoms with van der Waals surface area (Å²) in [5, 5.41) is 4.14. The first-order valence-corrected chi connectivity index (χ1v) is 5.60. The first-order valence-electron chi connectivity index (χ1n) is 5.60. The van der Waals surface area contributed by atoms with Gasteiger partial charge in [0.2, 0.25) is 0 Å². The first-order chi connectivity index (χ1) is 8.95. The molecule has 2 aromatic heterocycles. The van der Waals surface area contributed by atoms with Crippen LogP contribution in [0.3, 0.4) is 0 Å². The highest BCUT2D eigenvalue weighted by Crippen LogP contribution is 2.30. The van der Waals surface area contributed by atoms with Gasteiger partial charge < -0.3 is 0 Å². The number of hydrogen-bond donors (Lipinski definition) is 0. The molecule has 0 aromatic carbocycles. The van der Waals surface area contributed by atoms with Crippen LogP contribution in [0.15, 0.2) is 24.4 Å². The fraction of sp³-hybridized carbons (Fsp3) is 0.250. The number of fused-ring (bicyclic) bond motifs is 1. The molecule has 1 aliphatic rings. The number of Topliss-reactive ketones (excluding diaryl/α,β-unsaturated/α-hetero) is 1. The minimum absolute atomic E-state index is 0.0381. The van der Waals surface area contributed by atoms with Gasteiger partial charge in [0.25, 0.3) is 0 Å². The minimum Gasteiger partial charge on any atom is -0.292 e. The molecule has 98 valence electrons. The minimum atomic E-state index is -4.49. The third-order valence-corrected chi connectivity index (χ3v) is 2.96. The number of aryl methyl sites for hydroxylation is 1. The molecule has 0 N–H and O–H groups in total. The largest absolute Gasteiger partial charge is 0.433 e. The van der Waals surface area contributed by atoms with E-state index < -0.39 is 11.9 Å². The second kappa shape index (κ2) is 3.91. The van der Waals surface area contributed by atoms with E-state index in [4.69, 9.17) is 0 Å². The van der Waals surface area contributed by atoms with Gasteiger partial charge in [-0.1, -0.05) is 0 Å². The maximum atomic E-state index is 12.6. The maximum Gasteiger partial charge on any atom is 0.433 e. The van der Waals surface area contributed by atoms with Crippen LogP contribution >= 0.6 is 0 Å². The molecule has 0 saturated carbocycles. The van der Waals surface area contributed by atoms with Crippen LogP contribution in [-0.4, -0.2) is 20.5 Å². The number of carbonyl (C=O) groups excluding carboxylic acids is 1. The van der Waals surface area contributed by atoms with Gasteiger partial charge in [0.1, 0.15) is 11.4 Å². The Labute approximate surface area is 105 Å². The second-order valence-electron chi connectivity index (χ2n) is 4.24. The SMILES string of the molecule is O=C1CCn2nc(-c3ccnc(C(F)(F)F)c3)cc21. The van der Waals surface area contributed by atoms with Gasteiger partial charge in [-0.2, -0.15) is 18.3 Å². The number of aromatic nitrogens is 3. The topological polar surface area (TPSA) is 47.8 Å². The van der Waals surface area contributed by atoms with E-state index in [1.54, 1.807) is 0 Å². The standard InChI is InChI=1S/C12H8F3N3O/c13-12(14,15)11-5-7(1-3-16-11)8-6-9-10(19)2-4-18(9)17-8/h1,3,5-6H,2,4H2. The van der Waals surface area contributed by atoms with E-state index in [0.29, 0.717) is 29.9 Å². The molecular weight excluding hydrogens is 259 g/mol. The number of halogens is 3. The van der Waals surface area contributed by atoms with Gasteiger partial charge in [0.15, 0.2) is 5.78 Å². The molecule has 4 nitrogen and oxygen atoms in total. The van der Waals surface area contributed by atoms with Crippen molar-refractivity contribution in [2.24, 2.45) is 0 Å². The Hall–Kier alpha value is -2.18. The predicted molar refractivity (Wildman–Crippen MR) is 59.4 cm³/mol. The van der Waals surface area contributed by atoms with Crippen molar-refractivity contribution in [2.45, 2.75) is 19.1 Å². The Morgan fingerprint density at radius 3 is 2.74 bits per heavy atom. The second-order valence-corrected chi connectivity index (χ2v) is 4.24. The van der Waals surface area contributed by atoms with Gasteiger partial charge in [-0.15, -0.1) is 0 Å². The molecular formula is C12H8F3N3O. The van der Waals surface area contributed by atoms with Crippen molar-refractivity contribution in [1.29, 1.82) is 0 Å². The molecule has 0 aliphatic carbocycles. The van der Waals surface area contributed by atoms with Crippen molar-refractivity contribution in [3.05, 3.63) is 35.8 Å². The Balaban J connectivity index is 2.04. The van der Waals surface area contributed by atoms with Crippen molar-refractivity contribution in [3.63, 3.8) is 0 Å². The summed E-state index contributed by atoms with van der Waals surface area (Å²) in [5.41, 5.74) is 0.137. The summed E-state index contributed by atoms with van der Waals surface area (Å²) in [4.78, 5) is 14.8. The zero-order chi connectivity index (χ0) is 13.6.